The summed E-state index contributed by atoms with van der Waals surface area (Å²) >= 11 is 0. The van der Waals surface area contributed by atoms with Gasteiger partial charge in [-0.05, 0) is 56.5 Å². The van der Waals surface area contributed by atoms with Crippen molar-refractivity contribution in [1.29, 1.82) is 0 Å². The zero-order valence-electron chi connectivity index (χ0n) is 18.8. The van der Waals surface area contributed by atoms with Crippen molar-refractivity contribution in [3.8, 4) is 11.3 Å². The standard InChI is InChI=1S/C26H28N4O2/c1-15-5-6-16(2)19(13-15)23-25-24(21(31)14-27-23)28-22-12-11-20(29-30(22)25)17-7-9-18(10-8-17)26(3,4)32/h5-13,21,23,27,31-32H,14H2,1-4H3/t21-,23+/m0/s1. The summed E-state index contributed by atoms with van der Waals surface area (Å²) < 4.78 is 1.86. The minimum atomic E-state index is -0.889. The molecule has 0 saturated carbocycles. The summed E-state index contributed by atoms with van der Waals surface area (Å²) in [4.78, 5) is 4.72. The number of aryl methyl sites for hydroxylation is 2. The Hall–Kier alpha value is -3.06. The van der Waals surface area contributed by atoms with E-state index in [4.69, 9.17) is 10.1 Å². The number of aromatic nitrogens is 3. The number of hydrogen-bond acceptors (Lipinski definition) is 5. The number of fused-ring (bicyclic) bond motifs is 3. The van der Waals surface area contributed by atoms with Crippen LogP contribution >= 0.6 is 0 Å². The van der Waals surface area contributed by atoms with Crippen LogP contribution in [0.4, 0.5) is 0 Å². The first kappa shape index (κ1) is 20.8. The van der Waals surface area contributed by atoms with E-state index < -0.39 is 11.7 Å². The van der Waals surface area contributed by atoms with Crippen LogP contribution in [0, 0.1) is 13.8 Å². The Balaban J connectivity index is 1.65. The van der Waals surface area contributed by atoms with Gasteiger partial charge in [0.05, 0.1) is 28.7 Å². The molecule has 1 aliphatic heterocycles. The predicted molar refractivity (Wildman–Crippen MR) is 124 cm³/mol. The van der Waals surface area contributed by atoms with Crippen LogP contribution in [0.15, 0.2) is 54.6 Å². The molecule has 6 heteroatoms. The highest BCUT2D eigenvalue weighted by atomic mass is 16.3. The molecule has 0 radical (unpaired) electrons. The molecule has 2 atom stereocenters. The molecule has 0 saturated heterocycles. The van der Waals surface area contributed by atoms with Crippen LogP contribution in [0.25, 0.3) is 16.9 Å². The van der Waals surface area contributed by atoms with Crippen molar-refractivity contribution >= 4 is 5.65 Å². The summed E-state index contributed by atoms with van der Waals surface area (Å²) in [5.74, 6) is 0. The number of nitrogens with zero attached hydrogens (tertiary/aromatic N) is 3. The molecule has 3 N–H and O–H groups in total. The lowest BCUT2D eigenvalue weighted by atomic mass is 9.92. The Bertz CT molecular complexity index is 1300. The fraction of sp³-hybridized carbons (Fsp3) is 0.308. The second kappa shape index (κ2) is 7.52. The van der Waals surface area contributed by atoms with E-state index in [0.29, 0.717) is 17.9 Å². The number of benzene rings is 2. The lowest BCUT2D eigenvalue weighted by Gasteiger charge is -2.28. The lowest BCUT2D eigenvalue weighted by Crippen LogP contribution is -2.35. The van der Waals surface area contributed by atoms with Crippen LogP contribution in [-0.2, 0) is 5.60 Å². The van der Waals surface area contributed by atoms with E-state index in [1.807, 2.05) is 40.9 Å². The van der Waals surface area contributed by atoms with E-state index in [-0.39, 0.29) is 6.04 Å². The first-order chi connectivity index (χ1) is 15.2. The quantitative estimate of drug-likeness (QED) is 0.460. The maximum Gasteiger partial charge on any atom is 0.154 e. The van der Waals surface area contributed by atoms with Gasteiger partial charge in [0, 0.05) is 12.1 Å². The third kappa shape index (κ3) is 3.50. The van der Waals surface area contributed by atoms with Crippen LogP contribution in [-0.4, -0.2) is 31.4 Å². The monoisotopic (exact) mass is 428 g/mol. The third-order valence-electron chi connectivity index (χ3n) is 6.28. The number of imidazole rings is 1. The number of hydrogen-bond donors (Lipinski definition) is 3. The van der Waals surface area contributed by atoms with Crippen molar-refractivity contribution < 1.29 is 10.2 Å². The van der Waals surface area contributed by atoms with Crippen molar-refractivity contribution in [2.75, 3.05) is 6.54 Å². The van der Waals surface area contributed by atoms with Crippen LogP contribution in [0.2, 0.25) is 0 Å². The van der Waals surface area contributed by atoms with Crippen LogP contribution in [0.5, 0.6) is 0 Å². The number of β-amino-alcohol motifs (C(OH)–C–C–N with tert-alkyl or cyclic N) is 1. The molecule has 2 aromatic heterocycles. The molecular formula is C26H28N4O2. The Kier molecular flexibility index (Phi) is 4.89. The van der Waals surface area contributed by atoms with E-state index in [1.54, 1.807) is 13.8 Å². The van der Waals surface area contributed by atoms with Gasteiger partial charge in [-0.2, -0.15) is 5.10 Å². The Morgan fingerprint density at radius 3 is 2.50 bits per heavy atom. The van der Waals surface area contributed by atoms with E-state index in [2.05, 4.69) is 37.4 Å². The molecule has 1 aliphatic rings. The van der Waals surface area contributed by atoms with Crippen molar-refractivity contribution in [2.45, 2.75) is 45.4 Å². The second-order valence-electron chi connectivity index (χ2n) is 9.22. The summed E-state index contributed by atoms with van der Waals surface area (Å²) in [7, 11) is 0. The number of aliphatic hydroxyl groups is 2. The summed E-state index contributed by atoms with van der Waals surface area (Å²) in [5.41, 5.74) is 7.53. The molecule has 32 heavy (non-hydrogen) atoms. The van der Waals surface area contributed by atoms with Gasteiger partial charge in [0.25, 0.3) is 0 Å². The summed E-state index contributed by atoms with van der Waals surface area (Å²) in [5, 5.41) is 29.3. The van der Waals surface area contributed by atoms with Crippen molar-refractivity contribution in [3.05, 3.63) is 88.2 Å². The summed E-state index contributed by atoms with van der Waals surface area (Å²) in [6, 6.07) is 18.0. The van der Waals surface area contributed by atoms with E-state index >= 15 is 0 Å². The molecule has 164 valence electrons. The van der Waals surface area contributed by atoms with E-state index in [0.717, 1.165) is 22.5 Å². The normalized spacial score (nSPS) is 18.7. The van der Waals surface area contributed by atoms with Gasteiger partial charge in [0.2, 0.25) is 0 Å². The first-order valence-corrected chi connectivity index (χ1v) is 10.9. The molecule has 0 unspecified atom stereocenters. The predicted octanol–water partition coefficient (Wildman–Crippen LogP) is 3.97. The molecule has 0 aliphatic carbocycles. The highest BCUT2D eigenvalue weighted by molar-refractivity contribution is 5.61. The molecule has 4 aromatic rings. The maximum absolute atomic E-state index is 10.7. The largest absolute Gasteiger partial charge is 0.386 e. The smallest absolute Gasteiger partial charge is 0.154 e. The number of aliphatic hydroxyl groups excluding tert-OH is 1. The van der Waals surface area contributed by atoms with Crippen LogP contribution in [0.3, 0.4) is 0 Å². The fourth-order valence-corrected chi connectivity index (χ4v) is 4.44. The molecule has 0 fully saturated rings. The van der Waals surface area contributed by atoms with Gasteiger partial charge in [-0.3, -0.25) is 0 Å². The third-order valence-corrected chi connectivity index (χ3v) is 6.28. The zero-order valence-corrected chi connectivity index (χ0v) is 18.8. The van der Waals surface area contributed by atoms with Crippen LogP contribution in [0.1, 0.15) is 59.6 Å². The molecule has 0 amide bonds. The Labute approximate surface area is 187 Å². The fourth-order valence-electron chi connectivity index (χ4n) is 4.44. The SMILES string of the molecule is Cc1ccc(C)c([C@H]2NC[C@H](O)c3nc4ccc(-c5ccc(C(C)(C)O)cc5)nn4c32)c1. The minimum absolute atomic E-state index is 0.108. The lowest BCUT2D eigenvalue weighted by molar-refractivity contribution is 0.0786. The maximum atomic E-state index is 10.7. The Morgan fingerprint density at radius 1 is 1.03 bits per heavy atom. The van der Waals surface area contributed by atoms with E-state index in [1.165, 1.54) is 16.7 Å². The Morgan fingerprint density at radius 2 is 1.78 bits per heavy atom. The van der Waals surface area contributed by atoms with Crippen LogP contribution < -0.4 is 5.32 Å². The zero-order chi connectivity index (χ0) is 22.6. The molecule has 0 spiro atoms. The van der Waals surface area contributed by atoms with Gasteiger partial charge >= 0.3 is 0 Å². The summed E-state index contributed by atoms with van der Waals surface area (Å²) in [6.45, 7) is 8.18. The van der Waals surface area contributed by atoms with Gasteiger partial charge in [-0.25, -0.2) is 9.50 Å². The van der Waals surface area contributed by atoms with Gasteiger partial charge in [-0.15, -0.1) is 0 Å². The van der Waals surface area contributed by atoms with Gasteiger partial charge < -0.3 is 15.5 Å². The van der Waals surface area contributed by atoms with Crippen molar-refractivity contribution in [2.24, 2.45) is 0 Å². The van der Waals surface area contributed by atoms with E-state index in [9.17, 15) is 10.2 Å². The average molecular weight is 429 g/mol. The summed E-state index contributed by atoms with van der Waals surface area (Å²) in [6.07, 6.45) is -0.678. The molecule has 3 heterocycles. The topological polar surface area (TPSA) is 82.7 Å². The molecule has 2 aromatic carbocycles. The average Bonchev–Trinajstić information content (AvgIpc) is 3.15. The highest BCUT2D eigenvalue weighted by Gasteiger charge is 2.33. The highest BCUT2D eigenvalue weighted by Crippen LogP contribution is 2.35. The van der Waals surface area contributed by atoms with Crippen molar-refractivity contribution in [3.63, 3.8) is 0 Å². The van der Waals surface area contributed by atoms with Gasteiger partial charge in [0.1, 0.15) is 6.10 Å². The molecule has 5 rings (SSSR count). The molecule has 6 nitrogen and oxygen atoms in total. The second-order valence-corrected chi connectivity index (χ2v) is 9.22. The van der Waals surface area contributed by atoms with Gasteiger partial charge in [0.15, 0.2) is 5.65 Å². The van der Waals surface area contributed by atoms with Crippen molar-refractivity contribution in [1.82, 2.24) is 19.9 Å². The van der Waals surface area contributed by atoms with Gasteiger partial charge in [-0.1, -0.05) is 48.0 Å². The number of nitrogens with one attached hydrogen (secondary N) is 1. The molecular weight excluding hydrogens is 400 g/mol. The minimum Gasteiger partial charge on any atom is -0.386 e. The molecule has 0 bridgehead atoms. The number of rotatable bonds is 3. The first-order valence-electron chi connectivity index (χ1n) is 10.9.